The summed E-state index contributed by atoms with van der Waals surface area (Å²) in [5.74, 6) is 0.815. The van der Waals surface area contributed by atoms with Crippen molar-refractivity contribution >= 4 is 16.5 Å². The lowest BCUT2D eigenvalue weighted by Gasteiger charge is -1.96. The van der Waals surface area contributed by atoms with Crippen molar-refractivity contribution in [3.8, 4) is 23.0 Å². The summed E-state index contributed by atoms with van der Waals surface area (Å²) in [5.41, 5.74) is 2.21. The molecular formula is C9H9N7OS. The Kier molecular flexibility index (Phi) is 2.52. The first-order valence-electron chi connectivity index (χ1n) is 5.14. The standard InChI is InChI=1S/C9H9N7OS/c1-4-6(9(10-2)18-15-4)8-12-7(14-17-8)5-3-11-16-13-5/h3,10H,1-2H3,(H,11,13,16). The number of nitrogens with one attached hydrogen (secondary N) is 2. The second-order valence-electron chi connectivity index (χ2n) is 3.50. The van der Waals surface area contributed by atoms with Crippen LogP contribution < -0.4 is 5.32 Å². The molecular weight excluding hydrogens is 254 g/mol. The lowest BCUT2D eigenvalue weighted by molar-refractivity contribution is 0.432. The van der Waals surface area contributed by atoms with Crippen LogP contribution in [0.1, 0.15) is 5.69 Å². The van der Waals surface area contributed by atoms with Gasteiger partial charge in [-0.3, -0.25) is 0 Å². The Labute approximate surface area is 106 Å². The molecule has 3 aromatic rings. The maximum Gasteiger partial charge on any atom is 0.263 e. The van der Waals surface area contributed by atoms with Gasteiger partial charge in [-0.2, -0.15) is 24.8 Å². The topological polar surface area (TPSA) is 105 Å². The number of nitrogens with zero attached hydrogens (tertiary/aromatic N) is 5. The fourth-order valence-electron chi connectivity index (χ4n) is 1.53. The van der Waals surface area contributed by atoms with E-state index in [0.717, 1.165) is 16.3 Å². The van der Waals surface area contributed by atoms with Crippen LogP contribution in [0.15, 0.2) is 10.7 Å². The van der Waals surface area contributed by atoms with Crippen LogP contribution in [0.25, 0.3) is 23.0 Å². The normalized spacial score (nSPS) is 10.8. The highest BCUT2D eigenvalue weighted by Crippen LogP contribution is 2.33. The van der Waals surface area contributed by atoms with Crippen molar-refractivity contribution in [3.05, 3.63) is 11.9 Å². The van der Waals surface area contributed by atoms with Crippen molar-refractivity contribution < 1.29 is 4.52 Å². The predicted octanol–water partition coefficient (Wildman–Crippen LogP) is 1.33. The molecule has 0 atom stereocenters. The summed E-state index contributed by atoms with van der Waals surface area (Å²) >= 11 is 1.35. The van der Waals surface area contributed by atoms with Crippen LogP contribution in [-0.2, 0) is 0 Å². The third kappa shape index (κ3) is 1.64. The Morgan fingerprint density at radius 2 is 2.33 bits per heavy atom. The Balaban J connectivity index is 2.05. The molecule has 0 saturated heterocycles. The Hall–Kier alpha value is -2.29. The molecule has 0 fully saturated rings. The van der Waals surface area contributed by atoms with Gasteiger partial charge in [0.05, 0.1) is 17.5 Å². The third-order valence-electron chi connectivity index (χ3n) is 2.37. The van der Waals surface area contributed by atoms with Gasteiger partial charge >= 0.3 is 0 Å². The maximum atomic E-state index is 5.24. The molecule has 8 nitrogen and oxygen atoms in total. The van der Waals surface area contributed by atoms with E-state index < -0.39 is 0 Å². The van der Waals surface area contributed by atoms with Gasteiger partial charge in [0, 0.05) is 7.05 Å². The van der Waals surface area contributed by atoms with Crippen LogP contribution in [0.4, 0.5) is 5.00 Å². The molecule has 9 heteroatoms. The van der Waals surface area contributed by atoms with Crippen LogP contribution in [-0.4, -0.2) is 37.0 Å². The minimum absolute atomic E-state index is 0.395. The number of aromatic nitrogens is 6. The van der Waals surface area contributed by atoms with Gasteiger partial charge in [0.1, 0.15) is 5.00 Å². The first kappa shape index (κ1) is 10.8. The van der Waals surface area contributed by atoms with E-state index in [0.29, 0.717) is 17.4 Å². The Bertz CT molecular complexity index is 656. The van der Waals surface area contributed by atoms with Gasteiger partial charge in [0.15, 0.2) is 5.69 Å². The third-order valence-corrected chi connectivity index (χ3v) is 3.33. The Morgan fingerprint density at radius 1 is 1.44 bits per heavy atom. The lowest BCUT2D eigenvalue weighted by Crippen LogP contribution is -1.88. The summed E-state index contributed by atoms with van der Waals surface area (Å²) in [6.07, 6.45) is 1.53. The van der Waals surface area contributed by atoms with Crippen molar-refractivity contribution in [2.24, 2.45) is 0 Å². The zero-order valence-electron chi connectivity index (χ0n) is 9.63. The smallest absolute Gasteiger partial charge is 0.263 e. The monoisotopic (exact) mass is 263 g/mol. The van der Waals surface area contributed by atoms with Crippen LogP contribution in [0.3, 0.4) is 0 Å². The van der Waals surface area contributed by atoms with Crippen molar-refractivity contribution in [1.82, 2.24) is 29.9 Å². The molecule has 0 aromatic carbocycles. The minimum atomic E-state index is 0.395. The van der Waals surface area contributed by atoms with E-state index in [4.69, 9.17) is 4.52 Å². The highest BCUT2D eigenvalue weighted by molar-refractivity contribution is 7.10. The highest BCUT2D eigenvalue weighted by atomic mass is 32.1. The molecule has 3 heterocycles. The average molecular weight is 263 g/mol. The van der Waals surface area contributed by atoms with Gasteiger partial charge in [0.25, 0.3) is 5.89 Å². The van der Waals surface area contributed by atoms with Gasteiger partial charge in [0.2, 0.25) is 5.82 Å². The molecule has 0 amide bonds. The quantitative estimate of drug-likeness (QED) is 0.734. The number of aryl methyl sites for hydroxylation is 1. The molecule has 18 heavy (non-hydrogen) atoms. The molecule has 0 unspecified atom stereocenters. The van der Waals surface area contributed by atoms with Crippen LogP contribution in [0, 0.1) is 6.92 Å². The van der Waals surface area contributed by atoms with Crippen molar-refractivity contribution in [1.29, 1.82) is 0 Å². The number of H-pyrrole nitrogens is 1. The van der Waals surface area contributed by atoms with E-state index in [-0.39, 0.29) is 0 Å². The molecule has 0 aliphatic rings. The van der Waals surface area contributed by atoms with E-state index >= 15 is 0 Å². The molecule has 0 saturated carbocycles. The summed E-state index contributed by atoms with van der Waals surface area (Å²) in [6, 6.07) is 0. The van der Waals surface area contributed by atoms with E-state index in [9.17, 15) is 0 Å². The fraction of sp³-hybridized carbons (Fsp3) is 0.222. The number of anilines is 1. The molecule has 0 radical (unpaired) electrons. The second-order valence-corrected chi connectivity index (χ2v) is 4.27. The zero-order chi connectivity index (χ0) is 12.5. The molecule has 0 spiro atoms. The molecule has 0 bridgehead atoms. The first-order valence-corrected chi connectivity index (χ1v) is 5.91. The number of rotatable bonds is 3. The van der Waals surface area contributed by atoms with Gasteiger partial charge < -0.3 is 9.84 Å². The summed E-state index contributed by atoms with van der Waals surface area (Å²) in [4.78, 5) is 4.29. The van der Waals surface area contributed by atoms with Gasteiger partial charge in [-0.05, 0) is 18.5 Å². The van der Waals surface area contributed by atoms with Crippen molar-refractivity contribution in [2.45, 2.75) is 6.92 Å². The maximum absolute atomic E-state index is 5.24. The largest absolute Gasteiger partial charge is 0.378 e. The number of hydrogen-bond donors (Lipinski definition) is 2. The molecule has 0 aliphatic carbocycles. The fourth-order valence-corrected chi connectivity index (χ4v) is 2.27. The van der Waals surface area contributed by atoms with E-state index in [2.05, 4.69) is 35.2 Å². The van der Waals surface area contributed by atoms with Gasteiger partial charge in [-0.1, -0.05) is 5.16 Å². The molecule has 3 rings (SSSR count). The van der Waals surface area contributed by atoms with Gasteiger partial charge in [-0.25, -0.2) is 0 Å². The number of hydrogen-bond acceptors (Lipinski definition) is 8. The Morgan fingerprint density at radius 3 is 3.06 bits per heavy atom. The van der Waals surface area contributed by atoms with Crippen molar-refractivity contribution in [2.75, 3.05) is 12.4 Å². The van der Waals surface area contributed by atoms with E-state index in [1.54, 1.807) is 0 Å². The lowest BCUT2D eigenvalue weighted by atomic mass is 10.2. The summed E-state index contributed by atoms with van der Waals surface area (Å²) < 4.78 is 9.49. The minimum Gasteiger partial charge on any atom is -0.378 e. The summed E-state index contributed by atoms with van der Waals surface area (Å²) in [5, 5.41) is 17.9. The second kappa shape index (κ2) is 4.18. The number of aromatic amines is 1. The molecule has 2 N–H and O–H groups in total. The first-order chi connectivity index (χ1) is 8.79. The zero-order valence-corrected chi connectivity index (χ0v) is 10.4. The average Bonchev–Trinajstić information content (AvgIpc) is 3.07. The van der Waals surface area contributed by atoms with Gasteiger partial charge in [-0.15, -0.1) is 0 Å². The highest BCUT2D eigenvalue weighted by Gasteiger charge is 2.19. The summed E-state index contributed by atoms with van der Waals surface area (Å²) in [6.45, 7) is 1.90. The van der Waals surface area contributed by atoms with E-state index in [1.165, 1.54) is 17.7 Å². The molecule has 0 aliphatic heterocycles. The van der Waals surface area contributed by atoms with Crippen LogP contribution in [0.2, 0.25) is 0 Å². The van der Waals surface area contributed by atoms with E-state index in [1.807, 2.05) is 14.0 Å². The summed E-state index contributed by atoms with van der Waals surface area (Å²) in [7, 11) is 1.82. The van der Waals surface area contributed by atoms with Crippen molar-refractivity contribution in [3.63, 3.8) is 0 Å². The SMILES string of the molecule is CNc1snc(C)c1-c1nc(-c2cn[nH]n2)no1. The molecule has 92 valence electrons. The van der Waals surface area contributed by atoms with Crippen LogP contribution >= 0.6 is 11.5 Å². The molecule has 3 aromatic heterocycles. The van der Waals surface area contributed by atoms with Crippen LogP contribution in [0.5, 0.6) is 0 Å². The predicted molar refractivity (Wildman–Crippen MR) is 65.1 cm³/mol.